The van der Waals surface area contributed by atoms with E-state index in [0.717, 1.165) is 70.6 Å². The second-order valence-corrected chi connectivity index (χ2v) is 12.0. The van der Waals surface area contributed by atoms with E-state index in [0.29, 0.717) is 6.42 Å². The van der Waals surface area contributed by atoms with Gasteiger partial charge in [0.2, 0.25) is 0 Å². The SMILES string of the molecule is CCCCCCC(O)C/C=C\CCCCCCCC(=O)[O-].CCCCCCCCCCCCCCCCCC(=O)O.[Na+]. The van der Waals surface area contributed by atoms with Crippen molar-refractivity contribution in [1.29, 1.82) is 0 Å². The van der Waals surface area contributed by atoms with Gasteiger partial charge in [-0.15, -0.1) is 0 Å². The Labute approximate surface area is 283 Å². The number of hydrogen-bond acceptors (Lipinski definition) is 4. The smallest absolute Gasteiger partial charge is 0.550 e. The van der Waals surface area contributed by atoms with E-state index in [9.17, 15) is 19.8 Å². The molecule has 0 aromatic rings. The summed E-state index contributed by atoms with van der Waals surface area (Å²) in [5, 5.41) is 28.5. The molecule has 42 heavy (non-hydrogen) atoms. The number of aliphatic hydroxyl groups is 1. The molecule has 5 nitrogen and oxygen atoms in total. The molecule has 1 unspecified atom stereocenters. The number of rotatable bonds is 31. The molecule has 244 valence electrons. The van der Waals surface area contributed by atoms with Gasteiger partial charge in [-0.25, -0.2) is 0 Å². The van der Waals surface area contributed by atoms with E-state index in [1.807, 2.05) is 0 Å². The molecule has 0 rings (SSSR count). The molecule has 0 aliphatic heterocycles. The Bertz CT molecular complexity index is 567. The Hall–Kier alpha value is -0.360. The zero-order valence-electron chi connectivity index (χ0n) is 28.4. The van der Waals surface area contributed by atoms with E-state index in [4.69, 9.17) is 5.11 Å². The molecule has 0 saturated heterocycles. The Morgan fingerprint density at radius 3 is 1.38 bits per heavy atom. The van der Waals surface area contributed by atoms with Gasteiger partial charge in [0.25, 0.3) is 0 Å². The first kappa shape index (κ1) is 46.1. The first-order valence-electron chi connectivity index (χ1n) is 17.7. The summed E-state index contributed by atoms with van der Waals surface area (Å²) in [5.74, 6) is -1.59. The summed E-state index contributed by atoms with van der Waals surface area (Å²) in [4.78, 5) is 20.6. The summed E-state index contributed by atoms with van der Waals surface area (Å²) < 4.78 is 0. The van der Waals surface area contributed by atoms with Gasteiger partial charge in [-0.05, 0) is 44.9 Å². The minimum absolute atomic E-state index is 0. The molecular formula is C36H69NaO5. The molecule has 0 aromatic heterocycles. The molecule has 0 aromatic carbocycles. The quantitative estimate of drug-likeness (QED) is 0.0501. The number of aliphatic hydroxyl groups excluding tert-OH is 1. The Kier molecular flexibility index (Phi) is 44.6. The van der Waals surface area contributed by atoms with Gasteiger partial charge in [0.15, 0.2) is 0 Å². The first-order valence-corrected chi connectivity index (χ1v) is 17.7. The van der Waals surface area contributed by atoms with E-state index in [1.165, 1.54) is 103 Å². The van der Waals surface area contributed by atoms with Gasteiger partial charge in [0.1, 0.15) is 0 Å². The largest absolute Gasteiger partial charge is 1.00 e. The van der Waals surface area contributed by atoms with E-state index in [1.54, 1.807) is 0 Å². The van der Waals surface area contributed by atoms with Gasteiger partial charge in [-0.1, -0.05) is 161 Å². The molecule has 2 N–H and O–H groups in total. The van der Waals surface area contributed by atoms with Gasteiger partial charge in [0, 0.05) is 12.4 Å². The fourth-order valence-corrected chi connectivity index (χ4v) is 5.01. The summed E-state index contributed by atoms with van der Waals surface area (Å²) in [6.45, 7) is 4.47. The normalized spacial score (nSPS) is 11.6. The molecule has 0 amide bonds. The van der Waals surface area contributed by atoms with Crippen molar-refractivity contribution in [1.82, 2.24) is 0 Å². The van der Waals surface area contributed by atoms with Crippen LogP contribution in [0.1, 0.15) is 200 Å². The number of allylic oxidation sites excluding steroid dienone is 1. The Morgan fingerprint density at radius 2 is 0.952 bits per heavy atom. The summed E-state index contributed by atoms with van der Waals surface area (Å²) >= 11 is 0. The summed E-state index contributed by atoms with van der Waals surface area (Å²) in [7, 11) is 0. The van der Waals surface area contributed by atoms with Crippen LogP contribution in [0.25, 0.3) is 0 Å². The van der Waals surface area contributed by atoms with Crippen LogP contribution in [0.4, 0.5) is 0 Å². The third-order valence-corrected chi connectivity index (χ3v) is 7.71. The summed E-state index contributed by atoms with van der Waals surface area (Å²) in [5.41, 5.74) is 0. The third-order valence-electron chi connectivity index (χ3n) is 7.71. The van der Waals surface area contributed by atoms with Crippen molar-refractivity contribution in [3.8, 4) is 0 Å². The summed E-state index contributed by atoms with van der Waals surface area (Å²) in [6, 6.07) is 0. The molecule has 0 saturated carbocycles. The molecule has 6 heteroatoms. The van der Waals surface area contributed by atoms with Crippen molar-refractivity contribution in [3.05, 3.63) is 12.2 Å². The van der Waals surface area contributed by atoms with E-state index < -0.39 is 11.9 Å². The molecule has 0 bridgehead atoms. The molecule has 1 atom stereocenters. The van der Waals surface area contributed by atoms with E-state index >= 15 is 0 Å². The minimum Gasteiger partial charge on any atom is -0.550 e. The Morgan fingerprint density at radius 1 is 0.571 bits per heavy atom. The van der Waals surface area contributed by atoms with E-state index in [2.05, 4.69) is 26.0 Å². The molecule has 0 spiro atoms. The van der Waals surface area contributed by atoms with Crippen LogP contribution < -0.4 is 34.7 Å². The van der Waals surface area contributed by atoms with Gasteiger partial charge < -0.3 is 20.1 Å². The van der Waals surface area contributed by atoms with Crippen molar-refractivity contribution in [2.45, 2.75) is 206 Å². The van der Waals surface area contributed by atoms with Gasteiger partial charge >= 0.3 is 35.5 Å². The predicted molar refractivity (Wildman–Crippen MR) is 173 cm³/mol. The van der Waals surface area contributed by atoms with Crippen LogP contribution in [-0.2, 0) is 9.59 Å². The number of carbonyl (C=O) groups excluding carboxylic acids is 1. The van der Waals surface area contributed by atoms with Crippen LogP contribution in [-0.4, -0.2) is 28.3 Å². The van der Waals surface area contributed by atoms with Crippen LogP contribution in [0.2, 0.25) is 0 Å². The van der Waals surface area contributed by atoms with Crippen molar-refractivity contribution in [3.63, 3.8) is 0 Å². The van der Waals surface area contributed by atoms with Gasteiger partial charge in [0.05, 0.1) is 6.10 Å². The zero-order valence-corrected chi connectivity index (χ0v) is 30.4. The predicted octanol–water partition coefficient (Wildman–Crippen LogP) is 7.08. The topological polar surface area (TPSA) is 97.7 Å². The Balaban J connectivity index is -0.000000708. The molecule has 0 aliphatic rings. The number of hydrogen-bond donors (Lipinski definition) is 2. The second kappa shape index (κ2) is 40.6. The van der Waals surface area contributed by atoms with Gasteiger partial charge in [-0.2, -0.15) is 0 Å². The average molecular weight is 605 g/mol. The molecular weight excluding hydrogens is 535 g/mol. The standard InChI is InChI=1S/C18H34O3.C18H36O2.Na/c1-2-3-4-11-14-17(19)15-12-9-7-5-6-8-10-13-16-18(20)21;1-2-3-4-5-6-7-8-9-10-11-12-13-14-15-16-17-18(19)20;/h9,12,17,19H,2-8,10-11,13-16H2,1H3,(H,20,21);2-17H2,1H3,(H,19,20);/q;;+1/p-1/b12-9-;;. The maximum absolute atomic E-state index is 10.3. The fourth-order valence-electron chi connectivity index (χ4n) is 5.01. The number of unbranched alkanes of at least 4 members (excludes halogenated alkanes) is 22. The van der Waals surface area contributed by atoms with Crippen molar-refractivity contribution >= 4 is 11.9 Å². The summed E-state index contributed by atoms with van der Waals surface area (Å²) in [6.07, 6.45) is 37.2. The zero-order chi connectivity index (χ0) is 30.7. The molecule has 0 heterocycles. The molecule has 0 aliphatic carbocycles. The van der Waals surface area contributed by atoms with Crippen molar-refractivity contribution < 1.29 is 54.5 Å². The average Bonchev–Trinajstić information content (AvgIpc) is 2.94. The number of carboxylic acids is 2. The van der Waals surface area contributed by atoms with Gasteiger partial charge in [-0.3, -0.25) is 4.79 Å². The number of carboxylic acid groups (broad SMARTS) is 2. The van der Waals surface area contributed by atoms with Crippen molar-refractivity contribution in [2.24, 2.45) is 0 Å². The maximum Gasteiger partial charge on any atom is 1.00 e. The number of carbonyl (C=O) groups is 2. The van der Waals surface area contributed by atoms with Crippen LogP contribution in [0, 0.1) is 0 Å². The molecule has 0 fully saturated rings. The van der Waals surface area contributed by atoms with Crippen LogP contribution >= 0.6 is 0 Å². The maximum atomic E-state index is 10.3. The second-order valence-electron chi connectivity index (χ2n) is 12.0. The van der Waals surface area contributed by atoms with Crippen LogP contribution in [0.15, 0.2) is 12.2 Å². The number of aliphatic carboxylic acids is 2. The monoisotopic (exact) mass is 605 g/mol. The first-order chi connectivity index (χ1) is 19.9. The van der Waals surface area contributed by atoms with Crippen molar-refractivity contribution in [2.75, 3.05) is 0 Å². The minimum atomic E-state index is -0.939. The third kappa shape index (κ3) is 46.6. The fraction of sp³-hybridized carbons (Fsp3) is 0.889. The van der Waals surface area contributed by atoms with Crippen LogP contribution in [0.3, 0.4) is 0 Å². The van der Waals surface area contributed by atoms with E-state index in [-0.39, 0.29) is 42.1 Å². The molecule has 0 radical (unpaired) electrons. The van der Waals surface area contributed by atoms with Crippen LogP contribution in [0.5, 0.6) is 0 Å².